The summed E-state index contributed by atoms with van der Waals surface area (Å²) in [6, 6.07) is 0. The fourth-order valence-corrected chi connectivity index (χ4v) is 0.842. The molecule has 0 bridgehead atoms. The van der Waals surface area contributed by atoms with Crippen molar-refractivity contribution in [1.82, 2.24) is 0 Å². The van der Waals surface area contributed by atoms with Gasteiger partial charge in [-0.05, 0) is 11.6 Å². The van der Waals surface area contributed by atoms with E-state index in [-0.39, 0.29) is 12.3 Å². The summed E-state index contributed by atoms with van der Waals surface area (Å²) in [5.41, 5.74) is 0. The number of ether oxygens (including phenoxy) is 1. The minimum atomic E-state index is -0.309. The summed E-state index contributed by atoms with van der Waals surface area (Å²) in [7, 11) is 0. The van der Waals surface area contributed by atoms with Crippen molar-refractivity contribution in [3.8, 4) is 0 Å². The highest BCUT2D eigenvalue weighted by Gasteiger charge is 2.39. The molecular formula is C6H11NO2. The van der Waals surface area contributed by atoms with Crippen LogP contribution in [0.15, 0.2) is 5.18 Å². The molecule has 0 aromatic rings. The van der Waals surface area contributed by atoms with Crippen LogP contribution in [-0.4, -0.2) is 12.3 Å². The third-order valence-corrected chi connectivity index (χ3v) is 1.50. The van der Waals surface area contributed by atoms with E-state index in [2.05, 4.69) is 12.1 Å². The van der Waals surface area contributed by atoms with E-state index in [0.29, 0.717) is 0 Å². The first-order valence-corrected chi connectivity index (χ1v) is 3.36. The smallest absolute Gasteiger partial charge is 0.216 e. The number of unbranched alkanes of at least 4 members (excludes halogenated alkanes) is 1. The Morgan fingerprint density at radius 1 is 1.67 bits per heavy atom. The molecule has 0 spiro atoms. The van der Waals surface area contributed by atoms with Crippen LogP contribution in [-0.2, 0) is 4.74 Å². The molecule has 0 aromatic heterocycles. The summed E-state index contributed by atoms with van der Waals surface area (Å²) in [6.45, 7) is 2.12. The average Bonchev–Trinajstić information content (AvgIpc) is 2.62. The molecule has 1 rings (SSSR count). The third kappa shape index (κ3) is 1.75. The van der Waals surface area contributed by atoms with Gasteiger partial charge in [0.25, 0.3) is 0 Å². The van der Waals surface area contributed by atoms with Crippen LogP contribution in [0.3, 0.4) is 0 Å². The van der Waals surface area contributed by atoms with E-state index in [1.807, 2.05) is 0 Å². The number of rotatable bonds is 4. The lowest BCUT2D eigenvalue weighted by atomic mass is 10.2. The molecule has 0 aliphatic carbocycles. The van der Waals surface area contributed by atoms with Gasteiger partial charge >= 0.3 is 0 Å². The summed E-state index contributed by atoms with van der Waals surface area (Å²) in [5.74, 6) is 0. The van der Waals surface area contributed by atoms with E-state index in [4.69, 9.17) is 4.74 Å². The van der Waals surface area contributed by atoms with Crippen LogP contribution in [0.2, 0.25) is 0 Å². The van der Waals surface area contributed by atoms with Gasteiger partial charge in [-0.3, -0.25) is 0 Å². The number of hydrogen-bond acceptors (Lipinski definition) is 3. The zero-order chi connectivity index (χ0) is 6.69. The first-order chi connectivity index (χ1) is 4.38. The van der Waals surface area contributed by atoms with Gasteiger partial charge in [-0.25, -0.2) is 0 Å². The zero-order valence-electron chi connectivity index (χ0n) is 5.54. The monoisotopic (exact) mass is 129 g/mol. The molecule has 1 aliphatic heterocycles. The quantitative estimate of drug-likeness (QED) is 0.428. The van der Waals surface area contributed by atoms with Crippen LogP contribution in [0.1, 0.15) is 26.2 Å². The largest absolute Gasteiger partial charge is 0.342 e. The van der Waals surface area contributed by atoms with Crippen molar-refractivity contribution in [3.05, 3.63) is 4.91 Å². The molecule has 52 valence electrons. The van der Waals surface area contributed by atoms with Gasteiger partial charge in [0.2, 0.25) is 6.23 Å². The number of hydrogen-bond donors (Lipinski definition) is 0. The molecule has 0 saturated carbocycles. The molecule has 9 heavy (non-hydrogen) atoms. The van der Waals surface area contributed by atoms with Crippen molar-refractivity contribution < 1.29 is 4.74 Å². The minimum Gasteiger partial charge on any atom is -0.342 e. The normalized spacial score (nSPS) is 32.1. The van der Waals surface area contributed by atoms with E-state index in [0.717, 1.165) is 19.3 Å². The third-order valence-electron chi connectivity index (χ3n) is 1.50. The van der Waals surface area contributed by atoms with E-state index in [1.165, 1.54) is 0 Å². The molecule has 0 N–H and O–H groups in total. The van der Waals surface area contributed by atoms with E-state index in [9.17, 15) is 4.91 Å². The molecule has 2 atom stereocenters. The van der Waals surface area contributed by atoms with E-state index in [1.54, 1.807) is 0 Å². The highest BCUT2D eigenvalue weighted by atomic mass is 16.6. The molecule has 0 amide bonds. The first kappa shape index (κ1) is 6.68. The maximum absolute atomic E-state index is 9.77. The molecule has 1 fully saturated rings. The lowest BCUT2D eigenvalue weighted by Crippen LogP contribution is -1.88. The van der Waals surface area contributed by atoms with Gasteiger partial charge in [0.05, 0.1) is 0 Å². The molecule has 3 nitrogen and oxygen atoms in total. The van der Waals surface area contributed by atoms with Gasteiger partial charge in [-0.2, -0.15) is 0 Å². The number of nitrogens with zero attached hydrogens (tertiary/aromatic N) is 1. The Kier molecular flexibility index (Phi) is 2.16. The molecule has 1 saturated heterocycles. The van der Waals surface area contributed by atoms with Gasteiger partial charge in [-0.1, -0.05) is 19.8 Å². The molecular weight excluding hydrogens is 118 g/mol. The lowest BCUT2D eigenvalue weighted by molar-refractivity contribution is 0.362. The SMILES string of the molecule is CCCCC1OC1N=O. The predicted molar refractivity (Wildman–Crippen MR) is 34.0 cm³/mol. The van der Waals surface area contributed by atoms with Crippen molar-refractivity contribution in [3.63, 3.8) is 0 Å². The van der Waals surface area contributed by atoms with Crippen LogP contribution < -0.4 is 0 Å². The summed E-state index contributed by atoms with van der Waals surface area (Å²) < 4.78 is 4.89. The Labute approximate surface area is 54.4 Å². The van der Waals surface area contributed by atoms with Crippen LogP contribution in [0.5, 0.6) is 0 Å². The maximum Gasteiger partial charge on any atom is 0.216 e. The second-order valence-electron chi connectivity index (χ2n) is 2.31. The summed E-state index contributed by atoms with van der Waals surface area (Å²) in [5, 5.41) is 2.76. The molecule has 0 radical (unpaired) electrons. The Balaban J connectivity index is 1.98. The standard InChI is InChI=1S/C6H11NO2/c1-2-3-4-5-6(7-8)9-5/h5-6H,2-4H2,1H3. The molecule has 0 aromatic carbocycles. The fraction of sp³-hybridized carbons (Fsp3) is 1.00. The van der Waals surface area contributed by atoms with Crippen molar-refractivity contribution in [2.45, 2.75) is 38.5 Å². The summed E-state index contributed by atoms with van der Waals surface area (Å²) in [4.78, 5) is 9.77. The van der Waals surface area contributed by atoms with Gasteiger partial charge < -0.3 is 4.74 Å². The lowest BCUT2D eigenvalue weighted by Gasteiger charge is -1.86. The van der Waals surface area contributed by atoms with Gasteiger partial charge in [0, 0.05) is 0 Å². The summed E-state index contributed by atoms with van der Waals surface area (Å²) in [6.07, 6.45) is 3.13. The Hall–Kier alpha value is -0.440. The zero-order valence-corrected chi connectivity index (χ0v) is 5.54. The number of epoxide rings is 1. The Morgan fingerprint density at radius 3 is 2.89 bits per heavy atom. The van der Waals surface area contributed by atoms with Gasteiger partial charge in [0.1, 0.15) is 6.10 Å². The minimum absolute atomic E-state index is 0.155. The second kappa shape index (κ2) is 2.92. The van der Waals surface area contributed by atoms with Gasteiger partial charge in [-0.15, -0.1) is 4.91 Å². The molecule has 1 aliphatic rings. The predicted octanol–water partition coefficient (Wildman–Crippen LogP) is 1.67. The first-order valence-electron chi connectivity index (χ1n) is 3.36. The van der Waals surface area contributed by atoms with Crippen LogP contribution >= 0.6 is 0 Å². The highest BCUT2D eigenvalue weighted by Crippen LogP contribution is 2.27. The van der Waals surface area contributed by atoms with Crippen LogP contribution in [0.25, 0.3) is 0 Å². The number of nitroso groups, excluding NO2 is 1. The van der Waals surface area contributed by atoms with Crippen molar-refractivity contribution in [2.75, 3.05) is 0 Å². The van der Waals surface area contributed by atoms with Crippen LogP contribution in [0, 0.1) is 4.91 Å². The maximum atomic E-state index is 9.77. The van der Waals surface area contributed by atoms with Crippen molar-refractivity contribution in [2.24, 2.45) is 5.18 Å². The Bertz CT molecular complexity index is 105. The van der Waals surface area contributed by atoms with Crippen LogP contribution in [0.4, 0.5) is 0 Å². The van der Waals surface area contributed by atoms with Crippen molar-refractivity contribution in [1.29, 1.82) is 0 Å². The highest BCUT2D eigenvalue weighted by molar-refractivity contribution is 4.81. The fourth-order valence-electron chi connectivity index (χ4n) is 0.842. The molecule has 3 heteroatoms. The van der Waals surface area contributed by atoms with Crippen molar-refractivity contribution >= 4 is 0 Å². The molecule has 2 unspecified atom stereocenters. The topological polar surface area (TPSA) is 42.0 Å². The van der Waals surface area contributed by atoms with E-state index < -0.39 is 0 Å². The Morgan fingerprint density at radius 2 is 2.44 bits per heavy atom. The van der Waals surface area contributed by atoms with Gasteiger partial charge in [0.15, 0.2) is 0 Å². The summed E-state index contributed by atoms with van der Waals surface area (Å²) >= 11 is 0. The molecule has 1 heterocycles. The average molecular weight is 129 g/mol. The van der Waals surface area contributed by atoms with E-state index >= 15 is 0 Å². The second-order valence-corrected chi connectivity index (χ2v) is 2.31.